The molecule has 22 heavy (non-hydrogen) atoms. The molecule has 0 bridgehead atoms. The van der Waals surface area contributed by atoms with Gasteiger partial charge in [-0.05, 0) is 37.8 Å². The van der Waals surface area contributed by atoms with Crippen molar-refractivity contribution in [3.8, 4) is 0 Å². The monoisotopic (exact) mass is 301 g/mol. The molecule has 0 unspecified atom stereocenters. The fourth-order valence-electron chi connectivity index (χ4n) is 2.82. The van der Waals surface area contributed by atoms with E-state index in [4.69, 9.17) is 0 Å². The highest BCUT2D eigenvalue weighted by Crippen LogP contribution is 2.15. The van der Waals surface area contributed by atoms with Gasteiger partial charge in [0.15, 0.2) is 0 Å². The van der Waals surface area contributed by atoms with E-state index in [-0.39, 0.29) is 5.91 Å². The lowest BCUT2D eigenvalue weighted by molar-refractivity contribution is 0.0954. The van der Waals surface area contributed by atoms with E-state index in [1.165, 1.54) is 57.8 Å². The number of pyridine rings is 1. The van der Waals surface area contributed by atoms with Crippen LogP contribution in [0.25, 0.3) is 0 Å². The summed E-state index contributed by atoms with van der Waals surface area (Å²) in [6.45, 7) is 0. The van der Waals surface area contributed by atoms with E-state index in [0.717, 1.165) is 18.6 Å². The Labute approximate surface area is 133 Å². The van der Waals surface area contributed by atoms with Crippen molar-refractivity contribution in [3.05, 3.63) is 30.1 Å². The average Bonchev–Trinajstić information content (AvgIpc) is 2.55. The zero-order chi connectivity index (χ0) is 15.5. The molecule has 0 aromatic carbocycles. The van der Waals surface area contributed by atoms with Crippen molar-refractivity contribution in [2.24, 2.45) is 5.10 Å². The van der Waals surface area contributed by atoms with Gasteiger partial charge in [-0.3, -0.25) is 9.78 Å². The van der Waals surface area contributed by atoms with Crippen molar-refractivity contribution in [1.82, 2.24) is 10.4 Å². The number of carbonyl (C=O) groups excluding carboxylic acids is 1. The van der Waals surface area contributed by atoms with Crippen molar-refractivity contribution in [2.45, 2.75) is 70.6 Å². The van der Waals surface area contributed by atoms with Crippen LogP contribution in [0.15, 0.2) is 29.6 Å². The molecule has 0 aliphatic heterocycles. The van der Waals surface area contributed by atoms with Crippen LogP contribution < -0.4 is 5.43 Å². The normalized spacial score (nSPS) is 17.9. The van der Waals surface area contributed by atoms with Gasteiger partial charge in [0.2, 0.25) is 0 Å². The maximum Gasteiger partial charge on any atom is 0.272 e. The molecule has 1 amide bonds. The fraction of sp³-hybridized carbons (Fsp3) is 0.611. The number of hydrogen-bond donors (Lipinski definition) is 1. The van der Waals surface area contributed by atoms with Crippen molar-refractivity contribution in [3.63, 3.8) is 0 Å². The molecule has 0 saturated heterocycles. The minimum atomic E-state index is -0.174. The summed E-state index contributed by atoms with van der Waals surface area (Å²) in [5.41, 5.74) is 4.38. The van der Waals surface area contributed by atoms with E-state index >= 15 is 0 Å². The lowest BCUT2D eigenvalue weighted by Crippen LogP contribution is -2.20. The van der Waals surface area contributed by atoms with Crippen LogP contribution in [-0.2, 0) is 0 Å². The van der Waals surface area contributed by atoms with E-state index in [1.54, 1.807) is 24.5 Å². The molecule has 1 aromatic rings. The van der Waals surface area contributed by atoms with Crippen molar-refractivity contribution >= 4 is 11.6 Å². The van der Waals surface area contributed by atoms with E-state index in [1.807, 2.05) is 0 Å². The first-order chi connectivity index (χ1) is 10.9. The Hall–Kier alpha value is -1.71. The molecule has 4 nitrogen and oxygen atoms in total. The SMILES string of the molecule is O=C(NN=C1CCCCCCCCCCC1)c1cccnc1. The van der Waals surface area contributed by atoms with Gasteiger partial charge in [-0.2, -0.15) is 5.10 Å². The van der Waals surface area contributed by atoms with Crippen LogP contribution in [-0.4, -0.2) is 16.6 Å². The lowest BCUT2D eigenvalue weighted by Gasteiger charge is -2.09. The topological polar surface area (TPSA) is 54.4 Å². The van der Waals surface area contributed by atoms with Gasteiger partial charge in [0.25, 0.3) is 5.91 Å². The van der Waals surface area contributed by atoms with Gasteiger partial charge in [-0.25, -0.2) is 5.43 Å². The number of hydrazone groups is 1. The third-order valence-electron chi connectivity index (χ3n) is 4.17. The van der Waals surface area contributed by atoms with Crippen LogP contribution in [0.4, 0.5) is 0 Å². The third-order valence-corrected chi connectivity index (χ3v) is 4.17. The van der Waals surface area contributed by atoms with E-state index < -0.39 is 0 Å². The van der Waals surface area contributed by atoms with Crippen molar-refractivity contribution in [2.75, 3.05) is 0 Å². The second kappa shape index (κ2) is 10.1. The summed E-state index contributed by atoms with van der Waals surface area (Å²) in [6.07, 6.45) is 16.9. The van der Waals surface area contributed by atoms with Gasteiger partial charge >= 0.3 is 0 Å². The summed E-state index contributed by atoms with van der Waals surface area (Å²) in [4.78, 5) is 16.0. The minimum absolute atomic E-state index is 0.174. The first kappa shape index (κ1) is 16.7. The smallest absolute Gasteiger partial charge is 0.267 e. The number of nitrogens with one attached hydrogen (secondary N) is 1. The van der Waals surface area contributed by atoms with Gasteiger partial charge in [-0.15, -0.1) is 0 Å². The van der Waals surface area contributed by atoms with Crippen LogP contribution >= 0.6 is 0 Å². The molecule has 1 aliphatic carbocycles. The Morgan fingerprint density at radius 3 is 2.09 bits per heavy atom. The fourth-order valence-corrected chi connectivity index (χ4v) is 2.82. The highest BCUT2D eigenvalue weighted by Gasteiger charge is 2.06. The lowest BCUT2D eigenvalue weighted by atomic mass is 10.00. The average molecular weight is 301 g/mol. The summed E-state index contributed by atoms with van der Waals surface area (Å²) in [6, 6.07) is 3.52. The summed E-state index contributed by atoms with van der Waals surface area (Å²) in [5.74, 6) is -0.174. The predicted molar refractivity (Wildman–Crippen MR) is 89.9 cm³/mol. The largest absolute Gasteiger partial charge is 0.272 e. The number of hydrogen-bond acceptors (Lipinski definition) is 3. The number of aromatic nitrogens is 1. The van der Waals surface area contributed by atoms with Crippen LogP contribution in [0.5, 0.6) is 0 Å². The molecule has 1 heterocycles. The first-order valence-corrected chi connectivity index (χ1v) is 8.62. The molecule has 4 heteroatoms. The van der Waals surface area contributed by atoms with Gasteiger partial charge in [0.1, 0.15) is 0 Å². The molecule has 1 N–H and O–H groups in total. The Morgan fingerprint density at radius 1 is 0.955 bits per heavy atom. The molecule has 0 radical (unpaired) electrons. The quantitative estimate of drug-likeness (QED) is 0.819. The summed E-state index contributed by atoms with van der Waals surface area (Å²) in [5, 5.41) is 4.38. The molecule has 0 atom stereocenters. The molecule has 1 fully saturated rings. The van der Waals surface area contributed by atoms with Gasteiger partial charge < -0.3 is 0 Å². The van der Waals surface area contributed by atoms with Crippen molar-refractivity contribution < 1.29 is 4.79 Å². The zero-order valence-electron chi connectivity index (χ0n) is 13.4. The molecule has 1 aromatic heterocycles. The summed E-state index contributed by atoms with van der Waals surface area (Å²) in [7, 11) is 0. The molecular weight excluding hydrogens is 274 g/mol. The maximum atomic E-state index is 12.0. The number of amides is 1. The minimum Gasteiger partial charge on any atom is -0.267 e. The van der Waals surface area contributed by atoms with Crippen LogP contribution in [0.3, 0.4) is 0 Å². The first-order valence-electron chi connectivity index (χ1n) is 8.62. The van der Waals surface area contributed by atoms with E-state index in [0.29, 0.717) is 5.56 Å². The number of rotatable bonds is 2. The second-order valence-electron chi connectivity index (χ2n) is 6.04. The zero-order valence-corrected chi connectivity index (χ0v) is 13.4. The van der Waals surface area contributed by atoms with Crippen LogP contribution in [0, 0.1) is 0 Å². The van der Waals surface area contributed by atoms with Gasteiger partial charge in [0, 0.05) is 18.1 Å². The summed E-state index contributed by atoms with van der Waals surface area (Å²) < 4.78 is 0. The highest BCUT2D eigenvalue weighted by molar-refractivity contribution is 5.95. The molecule has 1 saturated carbocycles. The Balaban J connectivity index is 1.86. The third kappa shape index (κ3) is 6.37. The van der Waals surface area contributed by atoms with E-state index in [9.17, 15) is 4.79 Å². The standard InChI is InChI=1S/C18H27N3O/c22-18(16-11-10-14-19-15-16)21-20-17-12-8-6-4-2-1-3-5-7-9-13-17/h10-11,14-15H,1-9,12-13H2,(H,21,22). The van der Waals surface area contributed by atoms with Crippen LogP contribution in [0.1, 0.15) is 81.0 Å². The molecule has 120 valence electrons. The predicted octanol–water partition coefficient (Wildman–Crippen LogP) is 4.47. The van der Waals surface area contributed by atoms with Gasteiger partial charge in [0.05, 0.1) is 5.56 Å². The number of carbonyl (C=O) groups is 1. The van der Waals surface area contributed by atoms with Crippen molar-refractivity contribution in [1.29, 1.82) is 0 Å². The molecule has 2 rings (SSSR count). The second-order valence-corrected chi connectivity index (χ2v) is 6.04. The Bertz CT molecular complexity index is 456. The molecule has 0 spiro atoms. The Kier molecular flexibility index (Phi) is 7.64. The molecular formula is C18H27N3O. The highest BCUT2D eigenvalue weighted by atomic mass is 16.2. The number of nitrogens with zero attached hydrogens (tertiary/aromatic N) is 2. The van der Waals surface area contributed by atoms with E-state index in [2.05, 4.69) is 15.5 Å². The molecule has 1 aliphatic rings. The summed E-state index contributed by atoms with van der Waals surface area (Å²) >= 11 is 0. The Morgan fingerprint density at radius 2 is 1.55 bits per heavy atom. The van der Waals surface area contributed by atoms with Crippen LogP contribution in [0.2, 0.25) is 0 Å². The van der Waals surface area contributed by atoms with Gasteiger partial charge in [-0.1, -0.05) is 44.9 Å². The maximum absolute atomic E-state index is 12.0.